The molecule has 1 aromatic heterocycles. The molecular weight excluding hydrogens is 452 g/mol. The Kier molecular flexibility index (Phi) is 9.41. The average Bonchev–Trinajstić information content (AvgIpc) is 2.77. The van der Waals surface area contributed by atoms with Gasteiger partial charge in [0.1, 0.15) is 5.82 Å². The second kappa shape index (κ2) is 12.1. The zero-order valence-corrected chi connectivity index (χ0v) is 22.9. The Labute approximate surface area is 215 Å². The summed E-state index contributed by atoms with van der Waals surface area (Å²) in [4.78, 5) is 21.0. The molecule has 0 fully saturated rings. The van der Waals surface area contributed by atoms with Crippen molar-refractivity contribution in [2.45, 2.75) is 114 Å². The average molecular weight is 493 g/mol. The number of thioether (sulfide) groups is 1. The number of benzene rings is 1. The second-order valence-electron chi connectivity index (χ2n) is 11.0. The number of aryl methyl sites for hydroxylation is 2. The molecule has 0 saturated carbocycles. The SMILES string of the molecule is CCCCCCc1cc2c(cc1C#Cc1cnc(CCCCC(=O)O)nc1)C(C)(C)CC(C)(C)S2. The molecule has 0 aliphatic carbocycles. The quantitative estimate of drug-likeness (QED) is 0.277. The third-order valence-electron chi connectivity index (χ3n) is 6.58. The molecule has 0 amide bonds. The largest absolute Gasteiger partial charge is 0.481 e. The van der Waals surface area contributed by atoms with Crippen LogP contribution in [0.15, 0.2) is 29.4 Å². The van der Waals surface area contributed by atoms with Crippen LogP contribution in [0.25, 0.3) is 0 Å². The van der Waals surface area contributed by atoms with E-state index in [-0.39, 0.29) is 16.6 Å². The number of aliphatic carboxylic acids is 1. The Morgan fingerprint density at radius 3 is 2.40 bits per heavy atom. The van der Waals surface area contributed by atoms with Gasteiger partial charge in [0.2, 0.25) is 0 Å². The molecule has 2 aromatic rings. The van der Waals surface area contributed by atoms with Gasteiger partial charge < -0.3 is 5.11 Å². The van der Waals surface area contributed by atoms with E-state index < -0.39 is 5.97 Å². The van der Waals surface area contributed by atoms with Gasteiger partial charge >= 0.3 is 5.97 Å². The molecule has 0 bridgehead atoms. The molecule has 3 rings (SSSR count). The predicted molar refractivity (Wildman–Crippen MR) is 145 cm³/mol. The van der Waals surface area contributed by atoms with E-state index in [4.69, 9.17) is 5.11 Å². The molecule has 0 spiro atoms. The van der Waals surface area contributed by atoms with Gasteiger partial charge in [-0.15, -0.1) is 11.8 Å². The van der Waals surface area contributed by atoms with Crippen molar-refractivity contribution in [3.05, 3.63) is 52.6 Å². The Hall–Kier alpha value is -2.32. The molecule has 0 saturated heterocycles. The first-order valence-corrected chi connectivity index (χ1v) is 13.8. The molecule has 0 radical (unpaired) electrons. The van der Waals surface area contributed by atoms with Crippen LogP contribution in [0.4, 0.5) is 0 Å². The van der Waals surface area contributed by atoms with Crippen molar-refractivity contribution in [1.29, 1.82) is 0 Å². The van der Waals surface area contributed by atoms with Gasteiger partial charge in [0.05, 0.1) is 5.56 Å². The van der Waals surface area contributed by atoms with Crippen LogP contribution in [0.5, 0.6) is 0 Å². The summed E-state index contributed by atoms with van der Waals surface area (Å²) in [5.41, 5.74) is 4.82. The maximum Gasteiger partial charge on any atom is 0.303 e. The van der Waals surface area contributed by atoms with Gasteiger partial charge in [-0.25, -0.2) is 9.97 Å². The van der Waals surface area contributed by atoms with Crippen molar-refractivity contribution in [3.63, 3.8) is 0 Å². The van der Waals surface area contributed by atoms with Crippen LogP contribution < -0.4 is 0 Å². The van der Waals surface area contributed by atoms with E-state index >= 15 is 0 Å². The summed E-state index contributed by atoms with van der Waals surface area (Å²) in [6.07, 6.45) is 13.0. The van der Waals surface area contributed by atoms with E-state index in [0.717, 1.165) is 36.2 Å². The van der Waals surface area contributed by atoms with Crippen LogP contribution in [-0.4, -0.2) is 25.8 Å². The Morgan fingerprint density at radius 1 is 1.00 bits per heavy atom. The number of carboxylic acid groups (broad SMARTS) is 1. The number of unbranched alkanes of at least 4 members (excludes halogenated alkanes) is 4. The van der Waals surface area contributed by atoms with Crippen molar-refractivity contribution in [2.24, 2.45) is 0 Å². The zero-order valence-electron chi connectivity index (χ0n) is 22.0. The Bertz CT molecular complexity index is 1080. The first-order valence-electron chi connectivity index (χ1n) is 13.0. The van der Waals surface area contributed by atoms with E-state index in [1.54, 1.807) is 12.4 Å². The normalized spacial score (nSPS) is 15.7. The molecule has 35 heavy (non-hydrogen) atoms. The number of rotatable bonds is 10. The first kappa shape index (κ1) is 27.3. The summed E-state index contributed by atoms with van der Waals surface area (Å²) in [6, 6.07) is 4.76. The topological polar surface area (TPSA) is 63.1 Å². The lowest BCUT2D eigenvalue weighted by Gasteiger charge is -2.42. The zero-order chi connectivity index (χ0) is 25.5. The molecule has 5 heteroatoms. The van der Waals surface area contributed by atoms with Gasteiger partial charge in [-0.05, 0) is 60.8 Å². The Morgan fingerprint density at radius 2 is 1.71 bits per heavy atom. The van der Waals surface area contributed by atoms with Crippen molar-refractivity contribution >= 4 is 17.7 Å². The number of hydrogen-bond acceptors (Lipinski definition) is 4. The third kappa shape index (κ3) is 8.10. The number of nitrogens with zero attached hydrogens (tertiary/aromatic N) is 2. The molecule has 4 nitrogen and oxygen atoms in total. The number of carboxylic acids is 1. The lowest BCUT2D eigenvalue weighted by atomic mass is 9.76. The highest BCUT2D eigenvalue weighted by Crippen LogP contribution is 2.51. The fraction of sp³-hybridized carbons (Fsp3) is 0.567. The smallest absolute Gasteiger partial charge is 0.303 e. The van der Waals surface area contributed by atoms with Crippen LogP contribution in [0.3, 0.4) is 0 Å². The fourth-order valence-corrected chi connectivity index (χ4v) is 6.72. The number of hydrogen-bond donors (Lipinski definition) is 1. The van der Waals surface area contributed by atoms with Gasteiger partial charge in [0.15, 0.2) is 0 Å². The van der Waals surface area contributed by atoms with Crippen molar-refractivity contribution in [1.82, 2.24) is 9.97 Å². The van der Waals surface area contributed by atoms with Crippen LogP contribution >= 0.6 is 11.8 Å². The minimum absolute atomic E-state index is 0.118. The first-order chi connectivity index (χ1) is 16.6. The van der Waals surface area contributed by atoms with E-state index in [0.29, 0.717) is 12.8 Å². The highest BCUT2D eigenvalue weighted by atomic mass is 32.2. The van der Waals surface area contributed by atoms with Gasteiger partial charge in [-0.2, -0.15) is 0 Å². The molecular formula is C30H40N2O2S. The third-order valence-corrected chi connectivity index (χ3v) is 7.83. The number of fused-ring (bicyclic) bond motifs is 1. The monoisotopic (exact) mass is 492 g/mol. The molecule has 1 aliphatic rings. The fourth-order valence-electron chi connectivity index (χ4n) is 5.04. The van der Waals surface area contributed by atoms with Crippen molar-refractivity contribution in [2.75, 3.05) is 0 Å². The van der Waals surface area contributed by atoms with E-state index in [2.05, 4.69) is 68.6 Å². The van der Waals surface area contributed by atoms with Gasteiger partial charge in [-0.1, -0.05) is 65.7 Å². The standard InChI is InChI=1S/C30H40N2O2S/c1-6-7-8-9-12-23-18-26-25(29(2,3)21-30(4,5)35-26)17-24(23)16-15-22-19-31-27(32-20-22)13-10-11-14-28(33)34/h17-20H,6-14,21H2,1-5H3,(H,33,34). The summed E-state index contributed by atoms with van der Waals surface area (Å²) >= 11 is 2.01. The maximum absolute atomic E-state index is 10.7. The summed E-state index contributed by atoms with van der Waals surface area (Å²) in [6.45, 7) is 11.7. The van der Waals surface area contributed by atoms with Crippen molar-refractivity contribution < 1.29 is 9.90 Å². The molecule has 1 aromatic carbocycles. The van der Waals surface area contributed by atoms with Crippen LogP contribution in [0, 0.1) is 11.8 Å². The van der Waals surface area contributed by atoms with E-state index in [9.17, 15) is 4.79 Å². The molecule has 188 valence electrons. The number of carbonyl (C=O) groups is 1. The molecule has 1 aliphatic heterocycles. The van der Waals surface area contributed by atoms with E-state index in [1.807, 2.05) is 11.8 Å². The van der Waals surface area contributed by atoms with Crippen LogP contribution in [-0.2, 0) is 23.1 Å². The van der Waals surface area contributed by atoms with Gasteiger partial charge in [0, 0.05) is 40.4 Å². The molecule has 1 N–H and O–H groups in total. The maximum atomic E-state index is 10.7. The molecule has 0 unspecified atom stereocenters. The summed E-state index contributed by atoms with van der Waals surface area (Å²) < 4.78 is 0.232. The minimum Gasteiger partial charge on any atom is -0.481 e. The van der Waals surface area contributed by atoms with Gasteiger partial charge in [-0.3, -0.25) is 4.79 Å². The second-order valence-corrected chi connectivity index (χ2v) is 12.7. The molecule has 2 heterocycles. The minimum atomic E-state index is -0.755. The summed E-state index contributed by atoms with van der Waals surface area (Å²) in [5, 5.41) is 8.76. The van der Waals surface area contributed by atoms with Crippen molar-refractivity contribution in [3.8, 4) is 11.8 Å². The molecule has 0 atom stereocenters. The highest BCUT2D eigenvalue weighted by molar-refractivity contribution is 8.00. The summed E-state index contributed by atoms with van der Waals surface area (Å²) in [7, 11) is 0. The lowest BCUT2D eigenvalue weighted by Crippen LogP contribution is -2.33. The summed E-state index contributed by atoms with van der Waals surface area (Å²) in [5.74, 6) is 6.75. The number of aromatic nitrogens is 2. The van der Waals surface area contributed by atoms with Gasteiger partial charge in [0.25, 0.3) is 0 Å². The van der Waals surface area contributed by atoms with E-state index in [1.165, 1.54) is 41.7 Å². The highest BCUT2D eigenvalue weighted by Gasteiger charge is 2.38. The predicted octanol–water partition coefficient (Wildman–Crippen LogP) is 7.35. The van der Waals surface area contributed by atoms with Crippen LogP contribution in [0.2, 0.25) is 0 Å². The van der Waals surface area contributed by atoms with Crippen LogP contribution in [0.1, 0.15) is 114 Å². The Balaban J connectivity index is 1.82. The lowest BCUT2D eigenvalue weighted by molar-refractivity contribution is -0.137.